The van der Waals surface area contributed by atoms with E-state index in [9.17, 15) is 0 Å². The van der Waals surface area contributed by atoms with Gasteiger partial charge in [0.15, 0.2) is 0 Å². The summed E-state index contributed by atoms with van der Waals surface area (Å²) < 4.78 is 1.05. The molecule has 1 fully saturated rings. The lowest BCUT2D eigenvalue weighted by Gasteiger charge is -2.26. The molecule has 0 aliphatic heterocycles. The van der Waals surface area contributed by atoms with E-state index >= 15 is 0 Å². The van der Waals surface area contributed by atoms with E-state index in [1.807, 2.05) is 6.07 Å². The van der Waals surface area contributed by atoms with Gasteiger partial charge in [-0.2, -0.15) is 0 Å². The van der Waals surface area contributed by atoms with Gasteiger partial charge in [-0.25, -0.2) is 4.98 Å². The molecule has 0 unspecified atom stereocenters. The highest BCUT2D eigenvalue weighted by molar-refractivity contribution is 9.10. The van der Waals surface area contributed by atoms with Crippen LogP contribution in [0.15, 0.2) is 10.5 Å². The second kappa shape index (κ2) is 4.17. The molecule has 0 aromatic carbocycles. The standard InChI is InChI=1S/C10H12BrClN2/c11-8-4-7(5-13)10(12)14-9(8)6-2-1-3-6/h4,6H,1-3,5,13H2. The number of hydrogen-bond acceptors (Lipinski definition) is 2. The van der Waals surface area contributed by atoms with Gasteiger partial charge in [0.1, 0.15) is 5.15 Å². The Balaban J connectivity index is 2.36. The maximum absolute atomic E-state index is 6.01. The zero-order valence-corrected chi connectivity index (χ0v) is 10.1. The fourth-order valence-corrected chi connectivity index (χ4v) is 2.54. The van der Waals surface area contributed by atoms with E-state index in [0.29, 0.717) is 17.6 Å². The van der Waals surface area contributed by atoms with E-state index in [0.717, 1.165) is 15.7 Å². The lowest BCUT2D eigenvalue weighted by molar-refractivity contribution is 0.409. The molecular weight excluding hydrogens is 263 g/mol. The summed E-state index contributed by atoms with van der Waals surface area (Å²) in [7, 11) is 0. The molecule has 0 bridgehead atoms. The molecule has 0 radical (unpaired) electrons. The zero-order chi connectivity index (χ0) is 10.1. The first-order valence-electron chi connectivity index (χ1n) is 4.77. The van der Waals surface area contributed by atoms with E-state index in [1.54, 1.807) is 0 Å². The molecule has 1 saturated carbocycles. The molecule has 1 aromatic rings. The van der Waals surface area contributed by atoms with Gasteiger partial charge in [-0.1, -0.05) is 18.0 Å². The van der Waals surface area contributed by atoms with E-state index in [-0.39, 0.29) is 0 Å². The van der Waals surface area contributed by atoms with Crippen molar-refractivity contribution < 1.29 is 0 Å². The number of nitrogens with zero attached hydrogens (tertiary/aromatic N) is 1. The van der Waals surface area contributed by atoms with Gasteiger partial charge in [0.25, 0.3) is 0 Å². The van der Waals surface area contributed by atoms with Crippen LogP contribution in [0.5, 0.6) is 0 Å². The predicted octanol–water partition coefficient (Wildman–Crippen LogP) is 3.22. The third-order valence-corrected chi connectivity index (χ3v) is 3.70. The summed E-state index contributed by atoms with van der Waals surface area (Å²) >= 11 is 9.54. The van der Waals surface area contributed by atoms with Crippen molar-refractivity contribution in [3.05, 3.63) is 26.9 Å². The maximum Gasteiger partial charge on any atom is 0.133 e. The average Bonchev–Trinajstić information content (AvgIpc) is 2.08. The molecule has 2 N–H and O–H groups in total. The third-order valence-electron chi connectivity index (χ3n) is 2.74. The molecule has 4 heteroatoms. The van der Waals surface area contributed by atoms with Crippen molar-refractivity contribution in [2.24, 2.45) is 5.73 Å². The second-order valence-electron chi connectivity index (χ2n) is 3.64. The lowest BCUT2D eigenvalue weighted by atomic mass is 9.82. The Bertz CT molecular complexity index is 350. The summed E-state index contributed by atoms with van der Waals surface area (Å²) in [6, 6.07) is 1.99. The summed E-state index contributed by atoms with van der Waals surface area (Å²) in [6.45, 7) is 0.440. The molecule has 1 heterocycles. The van der Waals surface area contributed by atoms with Gasteiger partial charge >= 0.3 is 0 Å². The SMILES string of the molecule is NCc1cc(Br)c(C2CCC2)nc1Cl. The van der Waals surface area contributed by atoms with E-state index in [2.05, 4.69) is 20.9 Å². The minimum atomic E-state index is 0.440. The lowest BCUT2D eigenvalue weighted by Crippen LogP contribution is -2.12. The summed E-state index contributed by atoms with van der Waals surface area (Å²) in [4.78, 5) is 4.40. The van der Waals surface area contributed by atoms with Crippen molar-refractivity contribution >= 4 is 27.5 Å². The molecule has 1 aliphatic carbocycles. The smallest absolute Gasteiger partial charge is 0.133 e. The molecule has 2 nitrogen and oxygen atoms in total. The summed E-state index contributed by atoms with van der Waals surface area (Å²) in [6.07, 6.45) is 3.75. The maximum atomic E-state index is 6.01. The van der Waals surface area contributed by atoms with Crippen LogP contribution in [-0.4, -0.2) is 4.98 Å². The van der Waals surface area contributed by atoms with Crippen molar-refractivity contribution in [3.63, 3.8) is 0 Å². The van der Waals surface area contributed by atoms with Gasteiger partial charge in [0.2, 0.25) is 0 Å². The molecule has 0 atom stereocenters. The molecule has 76 valence electrons. The monoisotopic (exact) mass is 274 g/mol. The fraction of sp³-hybridized carbons (Fsp3) is 0.500. The molecule has 0 spiro atoms. The Hall–Kier alpha value is -0.120. The van der Waals surface area contributed by atoms with Crippen LogP contribution < -0.4 is 5.73 Å². The van der Waals surface area contributed by atoms with E-state index < -0.39 is 0 Å². The largest absolute Gasteiger partial charge is 0.326 e. The number of hydrogen-bond donors (Lipinski definition) is 1. The molecule has 2 rings (SSSR count). The fourth-order valence-electron chi connectivity index (χ4n) is 1.63. The van der Waals surface area contributed by atoms with Crippen molar-refractivity contribution in [1.82, 2.24) is 4.98 Å². The van der Waals surface area contributed by atoms with Crippen LogP contribution in [0.1, 0.15) is 36.4 Å². The van der Waals surface area contributed by atoms with Crippen LogP contribution in [0.4, 0.5) is 0 Å². The molecule has 0 saturated heterocycles. The quantitative estimate of drug-likeness (QED) is 0.842. The molecule has 1 aromatic heterocycles. The van der Waals surface area contributed by atoms with E-state index in [4.69, 9.17) is 17.3 Å². The number of halogens is 2. The Morgan fingerprint density at radius 2 is 2.29 bits per heavy atom. The number of pyridine rings is 1. The molecule has 14 heavy (non-hydrogen) atoms. The van der Waals surface area contributed by atoms with Crippen molar-refractivity contribution in [2.45, 2.75) is 31.7 Å². The highest BCUT2D eigenvalue weighted by Gasteiger charge is 2.23. The minimum Gasteiger partial charge on any atom is -0.326 e. The first-order valence-corrected chi connectivity index (χ1v) is 5.94. The van der Waals surface area contributed by atoms with Gasteiger partial charge in [-0.15, -0.1) is 0 Å². The highest BCUT2D eigenvalue weighted by atomic mass is 79.9. The summed E-state index contributed by atoms with van der Waals surface area (Å²) in [5.74, 6) is 0.591. The average molecular weight is 276 g/mol. The Labute approximate surface area is 97.0 Å². The second-order valence-corrected chi connectivity index (χ2v) is 4.85. The van der Waals surface area contributed by atoms with Crippen LogP contribution in [0.25, 0.3) is 0 Å². The molecular formula is C10H12BrClN2. The third kappa shape index (κ3) is 1.81. The van der Waals surface area contributed by atoms with Crippen LogP contribution in [0, 0.1) is 0 Å². The van der Waals surface area contributed by atoms with Gasteiger partial charge in [-0.3, -0.25) is 0 Å². The van der Waals surface area contributed by atoms with Crippen molar-refractivity contribution in [3.8, 4) is 0 Å². The summed E-state index contributed by atoms with van der Waals surface area (Å²) in [5.41, 5.74) is 7.55. The predicted molar refractivity (Wildman–Crippen MR) is 61.4 cm³/mol. The van der Waals surface area contributed by atoms with E-state index in [1.165, 1.54) is 19.3 Å². The number of nitrogens with two attached hydrogens (primary N) is 1. The topological polar surface area (TPSA) is 38.9 Å². The van der Waals surface area contributed by atoms with Crippen LogP contribution in [0.3, 0.4) is 0 Å². The normalized spacial score (nSPS) is 16.8. The zero-order valence-electron chi connectivity index (χ0n) is 7.76. The minimum absolute atomic E-state index is 0.440. The van der Waals surface area contributed by atoms with Gasteiger partial charge < -0.3 is 5.73 Å². The molecule has 1 aliphatic rings. The van der Waals surface area contributed by atoms with Gasteiger partial charge in [0, 0.05) is 22.5 Å². The number of aromatic nitrogens is 1. The van der Waals surface area contributed by atoms with Crippen LogP contribution >= 0.6 is 27.5 Å². The Kier molecular flexibility index (Phi) is 3.10. The molecule has 0 amide bonds. The summed E-state index contributed by atoms with van der Waals surface area (Å²) in [5, 5.41) is 0.553. The Morgan fingerprint density at radius 1 is 1.57 bits per heavy atom. The first kappa shape index (κ1) is 10.4. The van der Waals surface area contributed by atoms with Crippen LogP contribution in [0.2, 0.25) is 5.15 Å². The van der Waals surface area contributed by atoms with Crippen molar-refractivity contribution in [1.29, 1.82) is 0 Å². The van der Waals surface area contributed by atoms with Crippen molar-refractivity contribution in [2.75, 3.05) is 0 Å². The van der Waals surface area contributed by atoms with Gasteiger partial charge in [-0.05, 0) is 34.8 Å². The Morgan fingerprint density at radius 3 is 2.79 bits per heavy atom. The van der Waals surface area contributed by atoms with Crippen LogP contribution in [-0.2, 0) is 6.54 Å². The number of rotatable bonds is 2. The van der Waals surface area contributed by atoms with Gasteiger partial charge in [0.05, 0.1) is 5.69 Å². The first-order chi connectivity index (χ1) is 6.72. The highest BCUT2D eigenvalue weighted by Crippen LogP contribution is 2.39.